The molecule has 0 bridgehead atoms. The van der Waals surface area contributed by atoms with Crippen LogP contribution in [-0.2, 0) is 23.4 Å². The lowest BCUT2D eigenvalue weighted by Gasteiger charge is -2.24. The number of halogens is 2. The molecule has 0 aliphatic carbocycles. The van der Waals surface area contributed by atoms with Crippen molar-refractivity contribution in [3.63, 3.8) is 0 Å². The summed E-state index contributed by atoms with van der Waals surface area (Å²) in [4.78, 5) is 12.4. The van der Waals surface area contributed by atoms with E-state index in [1.54, 1.807) is 32.0 Å². The van der Waals surface area contributed by atoms with Crippen molar-refractivity contribution in [3.8, 4) is 0 Å². The minimum Gasteiger partial charge on any atom is -0.392 e. The molecule has 2 rings (SSSR count). The molecule has 122 valence electrons. The van der Waals surface area contributed by atoms with Gasteiger partial charge in [0.25, 0.3) is 0 Å². The van der Waals surface area contributed by atoms with Gasteiger partial charge in [0.05, 0.1) is 12.0 Å². The monoisotopic (exact) mass is 319 g/mol. The lowest BCUT2D eigenvalue weighted by molar-refractivity contribution is -0.125. The summed E-state index contributed by atoms with van der Waals surface area (Å²) in [7, 11) is 0. The predicted octanol–water partition coefficient (Wildman–Crippen LogP) is 3.05. The van der Waals surface area contributed by atoms with Crippen LogP contribution in [0.2, 0.25) is 0 Å². The maximum atomic E-state index is 13.3. The summed E-state index contributed by atoms with van der Waals surface area (Å²) in [5.74, 6) is -1.05. The maximum absolute atomic E-state index is 13.3. The van der Waals surface area contributed by atoms with Crippen molar-refractivity contribution in [2.24, 2.45) is 0 Å². The molecule has 2 aromatic carbocycles. The summed E-state index contributed by atoms with van der Waals surface area (Å²) in [5.41, 5.74) is 0.757. The lowest BCUT2D eigenvalue weighted by atomic mass is 9.83. The zero-order valence-electron chi connectivity index (χ0n) is 13.1. The predicted molar refractivity (Wildman–Crippen MR) is 83.6 cm³/mol. The average Bonchev–Trinajstić information content (AvgIpc) is 2.54. The average molecular weight is 319 g/mol. The molecule has 0 aliphatic heterocycles. The standard InChI is InChI=1S/C18H19F2NO2/c1-18(2,14-4-6-15(19)7-5-14)17(23)21-10-12-3-8-16(20)13(9-12)11-22/h3-9,22H,10-11H2,1-2H3,(H,21,23). The van der Waals surface area contributed by atoms with Crippen molar-refractivity contribution >= 4 is 5.91 Å². The molecule has 0 fully saturated rings. The molecule has 3 nitrogen and oxygen atoms in total. The van der Waals surface area contributed by atoms with Gasteiger partial charge in [-0.15, -0.1) is 0 Å². The number of benzene rings is 2. The molecular formula is C18H19F2NO2. The molecule has 0 aliphatic rings. The van der Waals surface area contributed by atoms with Gasteiger partial charge in [0.15, 0.2) is 0 Å². The highest BCUT2D eigenvalue weighted by molar-refractivity contribution is 5.87. The number of carbonyl (C=O) groups is 1. The number of hydrogen-bond donors (Lipinski definition) is 2. The first-order valence-electron chi connectivity index (χ1n) is 7.27. The van der Waals surface area contributed by atoms with Crippen LogP contribution in [0.3, 0.4) is 0 Å². The van der Waals surface area contributed by atoms with Crippen molar-refractivity contribution in [1.29, 1.82) is 0 Å². The Morgan fingerprint density at radius 1 is 1.13 bits per heavy atom. The Hall–Kier alpha value is -2.27. The lowest BCUT2D eigenvalue weighted by Crippen LogP contribution is -2.39. The van der Waals surface area contributed by atoms with E-state index in [0.717, 1.165) is 0 Å². The topological polar surface area (TPSA) is 49.3 Å². The van der Waals surface area contributed by atoms with Gasteiger partial charge < -0.3 is 10.4 Å². The van der Waals surface area contributed by atoms with Crippen LogP contribution in [0, 0.1) is 11.6 Å². The molecule has 0 saturated heterocycles. The smallest absolute Gasteiger partial charge is 0.230 e. The van der Waals surface area contributed by atoms with Crippen molar-refractivity contribution in [2.75, 3.05) is 0 Å². The van der Waals surface area contributed by atoms with Gasteiger partial charge in [0, 0.05) is 12.1 Å². The Balaban J connectivity index is 2.07. The van der Waals surface area contributed by atoms with Gasteiger partial charge in [0.2, 0.25) is 5.91 Å². The SMILES string of the molecule is CC(C)(C(=O)NCc1ccc(F)c(CO)c1)c1ccc(F)cc1. The largest absolute Gasteiger partial charge is 0.392 e. The van der Waals surface area contributed by atoms with Crippen molar-refractivity contribution in [3.05, 3.63) is 70.8 Å². The van der Waals surface area contributed by atoms with Crippen LogP contribution in [-0.4, -0.2) is 11.0 Å². The normalized spacial score (nSPS) is 11.3. The zero-order valence-corrected chi connectivity index (χ0v) is 13.1. The Morgan fingerprint density at radius 2 is 1.78 bits per heavy atom. The van der Waals surface area contributed by atoms with E-state index in [4.69, 9.17) is 5.11 Å². The van der Waals surface area contributed by atoms with E-state index < -0.39 is 17.8 Å². The number of aliphatic hydroxyl groups excluding tert-OH is 1. The summed E-state index contributed by atoms with van der Waals surface area (Å²) in [6.45, 7) is 3.32. The molecule has 2 aromatic rings. The summed E-state index contributed by atoms with van der Waals surface area (Å²) >= 11 is 0. The molecule has 0 heterocycles. The number of rotatable bonds is 5. The summed E-state index contributed by atoms with van der Waals surface area (Å²) in [6, 6.07) is 10.1. The van der Waals surface area contributed by atoms with Gasteiger partial charge in [-0.1, -0.05) is 18.2 Å². The molecule has 5 heteroatoms. The Bertz CT molecular complexity index is 697. The van der Waals surface area contributed by atoms with Crippen LogP contribution in [0.1, 0.15) is 30.5 Å². The summed E-state index contributed by atoms with van der Waals surface area (Å²) < 4.78 is 26.3. The third-order valence-corrected chi connectivity index (χ3v) is 3.87. The maximum Gasteiger partial charge on any atom is 0.230 e. The van der Waals surface area contributed by atoms with E-state index >= 15 is 0 Å². The number of carbonyl (C=O) groups excluding carboxylic acids is 1. The highest BCUT2D eigenvalue weighted by Crippen LogP contribution is 2.23. The van der Waals surface area contributed by atoms with Crippen LogP contribution < -0.4 is 5.32 Å². The molecule has 2 N–H and O–H groups in total. The van der Waals surface area contributed by atoms with Gasteiger partial charge in [-0.05, 0) is 49.2 Å². The van der Waals surface area contributed by atoms with Crippen LogP contribution >= 0.6 is 0 Å². The Kier molecular flexibility index (Phi) is 5.11. The first-order chi connectivity index (χ1) is 10.8. The Labute approximate surface area is 134 Å². The third kappa shape index (κ3) is 3.93. The fourth-order valence-corrected chi connectivity index (χ4v) is 2.26. The van der Waals surface area contributed by atoms with E-state index in [-0.39, 0.29) is 23.8 Å². The minimum absolute atomic E-state index is 0.189. The van der Waals surface area contributed by atoms with Crippen molar-refractivity contribution in [1.82, 2.24) is 5.32 Å². The second kappa shape index (κ2) is 6.87. The number of aliphatic hydroxyl groups is 1. The van der Waals surface area contributed by atoms with E-state index in [0.29, 0.717) is 11.1 Å². The highest BCUT2D eigenvalue weighted by Gasteiger charge is 2.29. The molecule has 0 saturated carbocycles. The van der Waals surface area contributed by atoms with Gasteiger partial charge in [0.1, 0.15) is 11.6 Å². The number of hydrogen-bond acceptors (Lipinski definition) is 2. The van der Waals surface area contributed by atoms with Crippen LogP contribution in [0.25, 0.3) is 0 Å². The van der Waals surface area contributed by atoms with E-state index in [1.165, 1.54) is 24.3 Å². The van der Waals surface area contributed by atoms with Gasteiger partial charge in [-0.2, -0.15) is 0 Å². The van der Waals surface area contributed by atoms with Crippen LogP contribution in [0.15, 0.2) is 42.5 Å². The van der Waals surface area contributed by atoms with E-state index in [1.807, 2.05) is 0 Å². The fraction of sp³-hybridized carbons (Fsp3) is 0.278. The second-order valence-electron chi connectivity index (χ2n) is 5.90. The fourth-order valence-electron chi connectivity index (χ4n) is 2.26. The van der Waals surface area contributed by atoms with Gasteiger partial charge >= 0.3 is 0 Å². The molecular weight excluding hydrogens is 300 g/mol. The quantitative estimate of drug-likeness (QED) is 0.890. The number of amides is 1. The molecule has 0 radical (unpaired) electrons. The molecule has 0 spiro atoms. The highest BCUT2D eigenvalue weighted by atomic mass is 19.1. The summed E-state index contributed by atoms with van der Waals surface area (Å²) in [6.07, 6.45) is 0. The van der Waals surface area contributed by atoms with Crippen molar-refractivity contribution < 1.29 is 18.7 Å². The van der Waals surface area contributed by atoms with Crippen LogP contribution in [0.5, 0.6) is 0 Å². The first kappa shape index (κ1) is 17.1. The van der Waals surface area contributed by atoms with E-state index in [2.05, 4.69) is 5.32 Å². The first-order valence-corrected chi connectivity index (χ1v) is 7.27. The zero-order chi connectivity index (χ0) is 17.0. The van der Waals surface area contributed by atoms with E-state index in [9.17, 15) is 13.6 Å². The minimum atomic E-state index is -0.826. The summed E-state index contributed by atoms with van der Waals surface area (Å²) in [5, 5.41) is 11.8. The molecule has 0 unspecified atom stereocenters. The Morgan fingerprint density at radius 3 is 2.39 bits per heavy atom. The second-order valence-corrected chi connectivity index (χ2v) is 5.90. The molecule has 1 amide bonds. The number of nitrogens with one attached hydrogen (secondary N) is 1. The van der Waals surface area contributed by atoms with Crippen molar-refractivity contribution in [2.45, 2.75) is 32.4 Å². The van der Waals surface area contributed by atoms with Gasteiger partial charge in [-0.3, -0.25) is 4.79 Å². The van der Waals surface area contributed by atoms with Crippen LogP contribution in [0.4, 0.5) is 8.78 Å². The van der Waals surface area contributed by atoms with Gasteiger partial charge in [-0.25, -0.2) is 8.78 Å². The molecule has 0 atom stereocenters. The third-order valence-electron chi connectivity index (χ3n) is 3.87. The molecule has 0 aromatic heterocycles. The molecule has 23 heavy (non-hydrogen) atoms.